The van der Waals surface area contributed by atoms with Crippen molar-refractivity contribution >= 4 is 17.9 Å². The molecule has 6 heteroatoms. The summed E-state index contributed by atoms with van der Waals surface area (Å²) in [5.74, 6) is -0.865. The van der Waals surface area contributed by atoms with Crippen LogP contribution in [0.4, 0.5) is 0 Å². The van der Waals surface area contributed by atoms with E-state index in [0.717, 1.165) is 96.3 Å². The lowest BCUT2D eigenvalue weighted by Gasteiger charge is -2.18. The van der Waals surface area contributed by atoms with Gasteiger partial charge in [-0.3, -0.25) is 14.4 Å². The molecule has 0 N–H and O–H groups in total. The zero-order chi connectivity index (χ0) is 57.1. The standard InChI is InChI=1S/C73H132O6/c1-4-7-10-13-16-18-20-22-24-26-28-30-32-34-35-36-37-39-40-42-44-46-48-50-52-54-57-60-63-66-72(75)78-69-70(68-77-71(74)65-62-59-56-15-12-9-6-3)79-73(76)67-64-61-58-55-53-51-49-47-45-43-41-38-33-31-29-27-25-23-21-19-17-14-11-8-5-2/h8,11,17,19,23,25,29,31,38,41,70H,4-7,9-10,12-16,18,20-22,24,26-28,30,32-37,39-40,42-69H2,1-3H3/b11-8-,19-17-,25-23-,31-29-,41-38-. The van der Waals surface area contributed by atoms with Crippen molar-refractivity contribution in [3.63, 3.8) is 0 Å². The lowest BCUT2D eigenvalue weighted by Crippen LogP contribution is -2.30. The van der Waals surface area contributed by atoms with Gasteiger partial charge in [0.2, 0.25) is 0 Å². The Balaban J connectivity index is 4.05. The minimum absolute atomic E-state index is 0.0723. The van der Waals surface area contributed by atoms with Crippen molar-refractivity contribution in [2.45, 2.75) is 374 Å². The number of hydrogen-bond donors (Lipinski definition) is 0. The fraction of sp³-hybridized carbons (Fsp3) is 0.822. The fourth-order valence-corrected chi connectivity index (χ4v) is 10.4. The van der Waals surface area contributed by atoms with Crippen molar-refractivity contribution in [2.75, 3.05) is 13.2 Å². The Morgan fingerprint density at radius 3 is 0.772 bits per heavy atom. The molecule has 0 bridgehead atoms. The third-order valence-corrected chi connectivity index (χ3v) is 15.5. The van der Waals surface area contributed by atoms with Gasteiger partial charge >= 0.3 is 17.9 Å². The molecule has 0 aliphatic heterocycles. The molecule has 0 fully saturated rings. The number of hydrogen-bond acceptors (Lipinski definition) is 6. The summed E-state index contributed by atoms with van der Waals surface area (Å²) in [4.78, 5) is 38.2. The predicted molar refractivity (Wildman–Crippen MR) is 344 cm³/mol. The summed E-state index contributed by atoms with van der Waals surface area (Å²) in [6.45, 7) is 6.54. The molecular weight excluding hydrogens is 973 g/mol. The minimum atomic E-state index is -0.774. The van der Waals surface area contributed by atoms with Gasteiger partial charge in [0.15, 0.2) is 6.10 Å². The number of unbranched alkanes of at least 4 members (excludes halogenated alkanes) is 43. The zero-order valence-corrected chi connectivity index (χ0v) is 52.9. The molecule has 0 radical (unpaired) electrons. The van der Waals surface area contributed by atoms with Crippen LogP contribution < -0.4 is 0 Å². The van der Waals surface area contributed by atoms with Gasteiger partial charge < -0.3 is 14.2 Å². The fourth-order valence-electron chi connectivity index (χ4n) is 10.4. The highest BCUT2D eigenvalue weighted by atomic mass is 16.6. The van der Waals surface area contributed by atoms with Crippen molar-refractivity contribution in [2.24, 2.45) is 0 Å². The highest BCUT2D eigenvalue weighted by molar-refractivity contribution is 5.71. The highest BCUT2D eigenvalue weighted by Gasteiger charge is 2.19. The molecule has 0 amide bonds. The van der Waals surface area contributed by atoms with E-state index in [4.69, 9.17) is 14.2 Å². The molecule has 0 aromatic heterocycles. The average molecular weight is 1110 g/mol. The smallest absolute Gasteiger partial charge is 0.306 e. The van der Waals surface area contributed by atoms with Crippen molar-refractivity contribution < 1.29 is 28.6 Å². The van der Waals surface area contributed by atoms with Gasteiger partial charge in [0, 0.05) is 19.3 Å². The van der Waals surface area contributed by atoms with Crippen molar-refractivity contribution in [1.29, 1.82) is 0 Å². The normalized spacial score (nSPS) is 12.4. The van der Waals surface area contributed by atoms with E-state index in [1.165, 1.54) is 231 Å². The van der Waals surface area contributed by atoms with Crippen molar-refractivity contribution in [3.05, 3.63) is 60.8 Å². The largest absolute Gasteiger partial charge is 0.462 e. The van der Waals surface area contributed by atoms with Gasteiger partial charge in [-0.05, 0) is 64.2 Å². The second kappa shape index (κ2) is 67.6. The summed E-state index contributed by atoms with van der Waals surface area (Å²) in [5, 5.41) is 0. The van der Waals surface area contributed by atoms with E-state index in [2.05, 4.69) is 81.5 Å². The van der Waals surface area contributed by atoms with Crippen LogP contribution in [0.1, 0.15) is 367 Å². The quantitative estimate of drug-likeness (QED) is 0.0261. The molecule has 0 rings (SSSR count). The summed E-state index contributed by atoms with van der Waals surface area (Å²) in [6, 6.07) is 0. The molecule has 79 heavy (non-hydrogen) atoms. The second-order valence-electron chi connectivity index (χ2n) is 23.4. The van der Waals surface area contributed by atoms with Crippen molar-refractivity contribution in [1.82, 2.24) is 0 Å². The van der Waals surface area contributed by atoms with Crippen LogP contribution in [0.25, 0.3) is 0 Å². The van der Waals surface area contributed by atoms with E-state index < -0.39 is 6.10 Å². The number of carbonyl (C=O) groups excluding carboxylic acids is 3. The molecule has 1 unspecified atom stereocenters. The Kier molecular flexibility index (Phi) is 65.1. The summed E-state index contributed by atoms with van der Waals surface area (Å²) in [6.07, 6.45) is 87.1. The van der Waals surface area contributed by atoms with Crippen molar-refractivity contribution in [3.8, 4) is 0 Å². The van der Waals surface area contributed by atoms with E-state index in [0.29, 0.717) is 19.3 Å². The summed E-state index contributed by atoms with van der Waals surface area (Å²) < 4.78 is 16.9. The molecule has 6 nitrogen and oxygen atoms in total. The molecule has 0 aromatic carbocycles. The number of allylic oxidation sites excluding steroid dienone is 10. The van der Waals surface area contributed by atoms with Gasteiger partial charge in [0.1, 0.15) is 13.2 Å². The average Bonchev–Trinajstić information content (AvgIpc) is 3.45. The Hall–Kier alpha value is -2.89. The molecule has 0 aromatic rings. The monoisotopic (exact) mass is 1110 g/mol. The topological polar surface area (TPSA) is 78.9 Å². The van der Waals surface area contributed by atoms with Gasteiger partial charge in [-0.15, -0.1) is 0 Å². The van der Waals surface area contributed by atoms with Gasteiger partial charge in [-0.25, -0.2) is 0 Å². The van der Waals surface area contributed by atoms with E-state index in [-0.39, 0.29) is 31.1 Å². The third kappa shape index (κ3) is 65.8. The van der Waals surface area contributed by atoms with Crippen LogP contribution in [0, 0.1) is 0 Å². The van der Waals surface area contributed by atoms with Crippen LogP contribution in [-0.2, 0) is 28.6 Å². The molecule has 0 aliphatic carbocycles. The van der Waals surface area contributed by atoms with Crippen LogP contribution in [0.5, 0.6) is 0 Å². The molecule has 0 spiro atoms. The van der Waals surface area contributed by atoms with E-state index >= 15 is 0 Å². The first-order valence-electron chi connectivity index (χ1n) is 34.8. The van der Waals surface area contributed by atoms with Crippen LogP contribution >= 0.6 is 0 Å². The van der Waals surface area contributed by atoms with Crippen LogP contribution in [0.2, 0.25) is 0 Å². The first-order chi connectivity index (χ1) is 39.0. The Morgan fingerprint density at radius 1 is 0.266 bits per heavy atom. The highest BCUT2D eigenvalue weighted by Crippen LogP contribution is 2.18. The maximum Gasteiger partial charge on any atom is 0.306 e. The molecule has 0 aliphatic rings. The SMILES string of the molecule is CC/C=C\C/C=C\C/C=C\C/C=C\C/C=C\CCCCCCCCCCCC(=O)OC(COC(=O)CCCCCCCCC)COC(=O)CCCCCCCCCCCCCCCCCCCCCCCCCCCCCCC. The predicted octanol–water partition coefficient (Wildman–Crippen LogP) is 23.9. The first kappa shape index (κ1) is 76.1. The Labute approximate surface area is 491 Å². The Bertz CT molecular complexity index is 1410. The third-order valence-electron chi connectivity index (χ3n) is 15.5. The van der Waals surface area contributed by atoms with Crippen LogP contribution in [-0.4, -0.2) is 37.2 Å². The lowest BCUT2D eigenvalue weighted by molar-refractivity contribution is -0.167. The second-order valence-corrected chi connectivity index (χ2v) is 23.4. The molecular formula is C73H132O6. The molecule has 1 atom stereocenters. The first-order valence-corrected chi connectivity index (χ1v) is 34.8. The molecule has 460 valence electrons. The summed E-state index contributed by atoms with van der Waals surface area (Å²) >= 11 is 0. The van der Waals surface area contributed by atoms with E-state index in [1.54, 1.807) is 0 Å². The maximum atomic E-state index is 12.9. The van der Waals surface area contributed by atoms with E-state index in [1.807, 2.05) is 0 Å². The number of carbonyl (C=O) groups is 3. The van der Waals surface area contributed by atoms with Crippen LogP contribution in [0.3, 0.4) is 0 Å². The summed E-state index contributed by atoms with van der Waals surface area (Å²) in [5.41, 5.74) is 0. The zero-order valence-electron chi connectivity index (χ0n) is 52.9. The number of rotatable bonds is 64. The maximum absolute atomic E-state index is 12.9. The van der Waals surface area contributed by atoms with Gasteiger partial charge in [0.05, 0.1) is 0 Å². The van der Waals surface area contributed by atoms with Gasteiger partial charge in [-0.2, -0.15) is 0 Å². The Morgan fingerprint density at radius 2 is 0.494 bits per heavy atom. The van der Waals surface area contributed by atoms with Gasteiger partial charge in [0.25, 0.3) is 0 Å². The van der Waals surface area contributed by atoms with Gasteiger partial charge in [-0.1, -0.05) is 345 Å². The lowest BCUT2D eigenvalue weighted by atomic mass is 10.0. The minimum Gasteiger partial charge on any atom is -0.462 e. The van der Waals surface area contributed by atoms with E-state index in [9.17, 15) is 14.4 Å². The molecule has 0 heterocycles. The summed E-state index contributed by atoms with van der Waals surface area (Å²) in [7, 11) is 0. The molecule has 0 saturated heterocycles. The molecule has 0 saturated carbocycles. The number of esters is 3. The van der Waals surface area contributed by atoms with Crippen LogP contribution in [0.15, 0.2) is 60.8 Å². The number of ether oxygens (including phenoxy) is 3.